The maximum absolute atomic E-state index is 10.5. The molecule has 0 unspecified atom stereocenters. The van der Waals surface area contributed by atoms with Gasteiger partial charge in [0.05, 0.1) is 19.3 Å². The average Bonchev–Trinajstić information content (AvgIpc) is 3.75. The van der Waals surface area contributed by atoms with Crippen LogP contribution in [-0.2, 0) is 38.7 Å². The molecule has 5 atom stereocenters. The van der Waals surface area contributed by atoms with Crippen molar-refractivity contribution in [1.29, 1.82) is 0 Å². The molecule has 2 aliphatic carbocycles. The van der Waals surface area contributed by atoms with E-state index in [1.54, 1.807) is 6.07 Å². The van der Waals surface area contributed by atoms with Crippen molar-refractivity contribution in [1.82, 2.24) is 15.6 Å². The molecule has 2 heterocycles. The first-order valence-corrected chi connectivity index (χ1v) is 17.3. The number of ether oxygens (including phenoxy) is 1. The van der Waals surface area contributed by atoms with Gasteiger partial charge in [-0.05, 0) is 93.3 Å². The Balaban J connectivity index is 1.23. The number of hydrogen-bond donors (Lipinski definition) is 6. The number of aliphatic hydroxyl groups is 2. The summed E-state index contributed by atoms with van der Waals surface area (Å²) >= 11 is 0. The number of phenols is 1. The lowest BCUT2D eigenvalue weighted by Gasteiger charge is -2.35. The van der Waals surface area contributed by atoms with Crippen LogP contribution in [0.4, 0.5) is 0 Å². The Hall–Kier alpha value is -2.78. The quantitative estimate of drug-likeness (QED) is 0.117. The first-order chi connectivity index (χ1) is 21.9. The molecule has 1 aromatic carbocycles. The summed E-state index contributed by atoms with van der Waals surface area (Å²) < 4.78 is 12.2. The summed E-state index contributed by atoms with van der Waals surface area (Å²) in [6.07, 6.45) is 11.0. The van der Waals surface area contributed by atoms with Crippen LogP contribution >= 0.6 is 0 Å². The molecule has 45 heavy (non-hydrogen) atoms. The Morgan fingerprint density at radius 3 is 2.71 bits per heavy atom. The highest BCUT2D eigenvalue weighted by atomic mass is 16.5. The van der Waals surface area contributed by atoms with Crippen molar-refractivity contribution in [2.24, 2.45) is 11.8 Å². The summed E-state index contributed by atoms with van der Waals surface area (Å²) in [6, 6.07) is 10.2. The number of benzene rings is 1. The number of fused-ring (bicyclic) bond motifs is 2. The number of aliphatic hydroxyl groups excluding tert-OH is 2. The summed E-state index contributed by atoms with van der Waals surface area (Å²) in [7, 11) is 2.01. The number of hydrogen-bond acceptors (Lipinski definition) is 7. The third-order valence-electron chi connectivity index (χ3n) is 10.0. The minimum Gasteiger partial charge on any atom is -0.504 e. The van der Waals surface area contributed by atoms with E-state index in [0.717, 1.165) is 80.1 Å². The van der Waals surface area contributed by atoms with E-state index in [0.29, 0.717) is 30.7 Å². The van der Waals surface area contributed by atoms with Crippen LogP contribution in [0.5, 0.6) is 11.5 Å². The van der Waals surface area contributed by atoms with Gasteiger partial charge in [0.1, 0.15) is 11.5 Å². The maximum Gasteiger partial charge on any atom is 0.161 e. The number of phenolic OH excluding ortho intramolecular Hbond substituents is 1. The lowest BCUT2D eigenvalue weighted by molar-refractivity contribution is 0.175. The molecule has 1 saturated carbocycles. The molecule has 3 aromatic rings. The largest absolute Gasteiger partial charge is 0.504 e. The minimum absolute atomic E-state index is 0.00170. The number of aromatic amines is 1. The molecule has 5 rings (SSSR count). The molecule has 0 radical (unpaired) electrons. The fourth-order valence-electron chi connectivity index (χ4n) is 7.76. The van der Waals surface area contributed by atoms with Gasteiger partial charge in [0.25, 0.3) is 0 Å². The maximum atomic E-state index is 10.5. The predicted molar refractivity (Wildman–Crippen MR) is 178 cm³/mol. The Morgan fingerprint density at radius 1 is 1.07 bits per heavy atom. The van der Waals surface area contributed by atoms with Crippen molar-refractivity contribution in [3.05, 3.63) is 69.9 Å². The first kappa shape index (κ1) is 33.6. The first-order valence-electron chi connectivity index (χ1n) is 17.3. The summed E-state index contributed by atoms with van der Waals surface area (Å²) in [5, 5.41) is 37.4. The number of rotatable bonds is 17. The van der Waals surface area contributed by atoms with E-state index in [9.17, 15) is 15.3 Å². The Kier molecular flexibility index (Phi) is 12.1. The molecule has 0 amide bonds. The van der Waals surface area contributed by atoms with E-state index in [-0.39, 0.29) is 24.5 Å². The van der Waals surface area contributed by atoms with Gasteiger partial charge in [-0.1, -0.05) is 32.3 Å². The van der Waals surface area contributed by atoms with E-state index in [4.69, 9.17) is 9.15 Å². The Labute approximate surface area is 269 Å². The van der Waals surface area contributed by atoms with Crippen LogP contribution in [-0.4, -0.2) is 59.2 Å². The second-order valence-electron chi connectivity index (χ2n) is 13.4. The van der Waals surface area contributed by atoms with Gasteiger partial charge in [0.15, 0.2) is 11.5 Å². The van der Waals surface area contributed by atoms with Crippen molar-refractivity contribution >= 4 is 0 Å². The highest BCUT2D eigenvalue weighted by molar-refractivity contribution is 5.42. The van der Waals surface area contributed by atoms with E-state index in [2.05, 4.69) is 28.6 Å². The number of furan rings is 1. The van der Waals surface area contributed by atoms with Crippen LogP contribution in [0.3, 0.4) is 0 Å². The number of aromatic nitrogens is 1. The second-order valence-corrected chi connectivity index (χ2v) is 13.4. The molecule has 2 aliphatic rings. The zero-order valence-electron chi connectivity index (χ0n) is 27.5. The lowest BCUT2D eigenvalue weighted by Crippen LogP contribution is -2.47. The minimum atomic E-state index is -0.379. The summed E-state index contributed by atoms with van der Waals surface area (Å²) in [5.74, 6) is 4.25. The van der Waals surface area contributed by atoms with E-state index in [1.165, 1.54) is 42.6 Å². The van der Waals surface area contributed by atoms with Gasteiger partial charge >= 0.3 is 0 Å². The van der Waals surface area contributed by atoms with Crippen LogP contribution in [0.1, 0.15) is 97.9 Å². The van der Waals surface area contributed by atoms with Gasteiger partial charge < -0.3 is 40.1 Å². The SMILES string of the molecule is CCCCc1oc(CCc2ccc(O)c(OCCc3cc4c([nH]3)CC[C@H]3CCC[C@@H]3[C@H]4[C@H](CNC)NC[C@H](C)O)c2)cc1CO. The van der Waals surface area contributed by atoms with Gasteiger partial charge in [0, 0.05) is 61.3 Å². The number of aryl methyl sites for hydroxylation is 4. The highest BCUT2D eigenvalue weighted by Gasteiger charge is 2.41. The van der Waals surface area contributed by atoms with E-state index >= 15 is 0 Å². The molecule has 1 fully saturated rings. The molecular formula is C37H55N3O5. The predicted octanol–water partition coefficient (Wildman–Crippen LogP) is 5.56. The standard InChI is InChI=1S/C37H55N3O5/c1-4-5-9-35-27(23-41)19-29(45-35)13-10-25-11-15-34(43)36(18-25)44-17-16-28-20-31-32(40-28)14-12-26-7-6-8-30(26)37(31)33(22-38-3)39-21-24(2)42/h11,15,18-20,24,26,30,33,37-43H,4-10,12-14,16-17,21-23H2,1-3H3/t24-,26+,30-,33-,37+/m0/s1. The van der Waals surface area contributed by atoms with Crippen LogP contribution in [0, 0.1) is 11.8 Å². The van der Waals surface area contributed by atoms with Gasteiger partial charge in [-0.15, -0.1) is 0 Å². The van der Waals surface area contributed by atoms with Crippen molar-refractivity contribution in [2.45, 2.75) is 109 Å². The van der Waals surface area contributed by atoms with Crippen molar-refractivity contribution in [3.63, 3.8) is 0 Å². The van der Waals surface area contributed by atoms with Crippen LogP contribution in [0.2, 0.25) is 0 Å². The number of H-pyrrole nitrogens is 1. The van der Waals surface area contributed by atoms with Crippen molar-refractivity contribution < 1.29 is 24.5 Å². The number of unbranched alkanes of at least 4 members (excludes halogenated alkanes) is 1. The van der Waals surface area contributed by atoms with Gasteiger partial charge in [0.2, 0.25) is 0 Å². The molecule has 0 aliphatic heterocycles. The average molecular weight is 622 g/mol. The molecule has 8 heteroatoms. The highest BCUT2D eigenvalue weighted by Crippen LogP contribution is 2.48. The lowest BCUT2D eigenvalue weighted by atomic mass is 9.76. The number of aromatic hydroxyl groups is 1. The second kappa shape index (κ2) is 16.2. The molecule has 8 nitrogen and oxygen atoms in total. The Morgan fingerprint density at radius 2 is 1.93 bits per heavy atom. The molecule has 0 spiro atoms. The number of likely N-dealkylation sites (N-methyl/N-ethyl adjacent to an activating group) is 1. The van der Waals surface area contributed by atoms with Crippen molar-refractivity contribution in [2.75, 3.05) is 26.7 Å². The van der Waals surface area contributed by atoms with E-state index in [1.807, 2.05) is 32.2 Å². The molecule has 0 saturated heterocycles. The molecule has 2 aromatic heterocycles. The van der Waals surface area contributed by atoms with Gasteiger partial charge in [-0.2, -0.15) is 0 Å². The third kappa shape index (κ3) is 8.53. The van der Waals surface area contributed by atoms with Crippen LogP contribution in [0.25, 0.3) is 0 Å². The van der Waals surface area contributed by atoms with E-state index < -0.39 is 0 Å². The normalized spacial score (nSPS) is 20.9. The van der Waals surface area contributed by atoms with Gasteiger partial charge in [-0.3, -0.25) is 0 Å². The monoisotopic (exact) mass is 621 g/mol. The molecular weight excluding hydrogens is 566 g/mol. The zero-order valence-corrected chi connectivity index (χ0v) is 27.5. The van der Waals surface area contributed by atoms with Gasteiger partial charge in [-0.25, -0.2) is 0 Å². The summed E-state index contributed by atoms with van der Waals surface area (Å²) in [6.45, 7) is 5.92. The fourth-order valence-corrected chi connectivity index (χ4v) is 7.76. The molecule has 248 valence electrons. The summed E-state index contributed by atoms with van der Waals surface area (Å²) in [4.78, 5) is 3.76. The van der Waals surface area contributed by atoms with Crippen LogP contribution < -0.4 is 15.4 Å². The zero-order chi connectivity index (χ0) is 31.8. The Bertz CT molecular complexity index is 1350. The fraction of sp³-hybridized carbons (Fsp3) is 0.622. The third-order valence-corrected chi connectivity index (χ3v) is 10.0. The number of nitrogens with one attached hydrogen (secondary N) is 3. The van der Waals surface area contributed by atoms with Crippen molar-refractivity contribution in [3.8, 4) is 11.5 Å². The molecule has 6 N–H and O–H groups in total. The molecule has 0 bridgehead atoms. The van der Waals surface area contributed by atoms with Crippen LogP contribution in [0.15, 0.2) is 34.7 Å². The topological polar surface area (TPSA) is 123 Å². The smallest absolute Gasteiger partial charge is 0.161 e. The summed E-state index contributed by atoms with van der Waals surface area (Å²) in [5.41, 5.74) is 5.92.